The van der Waals surface area contributed by atoms with Crippen LogP contribution in [0, 0.1) is 0 Å². The lowest BCUT2D eigenvalue weighted by molar-refractivity contribution is 0.0691. The van der Waals surface area contributed by atoms with E-state index in [2.05, 4.69) is 10.2 Å². The van der Waals surface area contributed by atoms with Crippen molar-refractivity contribution in [2.75, 3.05) is 5.73 Å². The first-order chi connectivity index (χ1) is 7.59. The van der Waals surface area contributed by atoms with Gasteiger partial charge in [0, 0.05) is 10.6 Å². The van der Waals surface area contributed by atoms with Gasteiger partial charge in [0.15, 0.2) is 5.69 Å². The molecule has 0 atom stereocenters. The van der Waals surface area contributed by atoms with Crippen molar-refractivity contribution in [2.45, 2.75) is 0 Å². The molecule has 0 unspecified atom stereocenters. The lowest BCUT2D eigenvalue weighted by Gasteiger charge is -1.98. The first kappa shape index (κ1) is 10.5. The Morgan fingerprint density at radius 3 is 2.50 bits per heavy atom. The monoisotopic (exact) mass is 237 g/mol. The van der Waals surface area contributed by atoms with Crippen molar-refractivity contribution in [1.29, 1.82) is 0 Å². The SMILES string of the molecule is Nc1c(-c2ccc(Cl)cc2)n[nH]c1C(=O)O. The van der Waals surface area contributed by atoms with Crippen LogP contribution in [0.25, 0.3) is 11.3 Å². The van der Waals surface area contributed by atoms with Gasteiger partial charge in [-0.05, 0) is 12.1 Å². The second kappa shape index (κ2) is 3.86. The number of carboxylic acids is 1. The molecular weight excluding hydrogens is 230 g/mol. The first-order valence-electron chi connectivity index (χ1n) is 4.42. The fourth-order valence-electron chi connectivity index (χ4n) is 1.34. The molecule has 2 aromatic rings. The molecule has 0 aliphatic heterocycles. The topological polar surface area (TPSA) is 92.0 Å². The fourth-order valence-corrected chi connectivity index (χ4v) is 1.47. The lowest BCUT2D eigenvalue weighted by atomic mass is 10.1. The summed E-state index contributed by atoms with van der Waals surface area (Å²) in [6.07, 6.45) is 0. The van der Waals surface area contributed by atoms with Crippen LogP contribution in [0.2, 0.25) is 5.02 Å². The van der Waals surface area contributed by atoms with Gasteiger partial charge in [-0.2, -0.15) is 5.10 Å². The van der Waals surface area contributed by atoms with E-state index in [9.17, 15) is 4.79 Å². The molecule has 2 rings (SSSR count). The number of rotatable bonds is 2. The second-order valence-electron chi connectivity index (χ2n) is 3.17. The zero-order chi connectivity index (χ0) is 11.7. The molecule has 5 nitrogen and oxygen atoms in total. The number of hydrogen-bond donors (Lipinski definition) is 3. The van der Waals surface area contributed by atoms with Crippen LogP contribution in [0.5, 0.6) is 0 Å². The Balaban J connectivity index is 2.49. The summed E-state index contributed by atoms with van der Waals surface area (Å²) in [6, 6.07) is 6.82. The van der Waals surface area contributed by atoms with E-state index >= 15 is 0 Å². The van der Waals surface area contributed by atoms with Gasteiger partial charge in [-0.3, -0.25) is 5.10 Å². The van der Waals surface area contributed by atoms with Crippen LogP contribution in [0.4, 0.5) is 5.69 Å². The van der Waals surface area contributed by atoms with Crippen LogP contribution in [-0.2, 0) is 0 Å². The molecule has 0 fully saturated rings. The highest BCUT2D eigenvalue weighted by Gasteiger charge is 2.16. The van der Waals surface area contributed by atoms with Crippen LogP contribution in [0.3, 0.4) is 0 Å². The van der Waals surface area contributed by atoms with E-state index in [-0.39, 0.29) is 11.4 Å². The third kappa shape index (κ3) is 1.72. The van der Waals surface area contributed by atoms with E-state index in [0.717, 1.165) is 0 Å². The summed E-state index contributed by atoms with van der Waals surface area (Å²) in [7, 11) is 0. The second-order valence-corrected chi connectivity index (χ2v) is 3.61. The molecule has 4 N–H and O–H groups in total. The first-order valence-corrected chi connectivity index (χ1v) is 4.80. The van der Waals surface area contributed by atoms with Crippen molar-refractivity contribution in [3.05, 3.63) is 35.0 Å². The van der Waals surface area contributed by atoms with Gasteiger partial charge in [-0.1, -0.05) is 23.7 Å². The molecule has 0 spiro atoms. The Morgan fingerprint density at radius 1 is 1.38 bits per heavy atom. The summed E-state index contributed by atoms with van der Waals surface area (Å²) in [6.45, 7) is 0. The summed E-state index contributed by atoms with van der Waals surface area (Å²) in [5.74, 6) is -1.13. The van der Waals surface area contributed by atoms with E-state index in [1.807, 2.05) is 0 Å². The van der Waals surface area contributed by atoms with Gasteiger partial charge < -0.3 is 10.8 Å². The van der Waals surface area contributed by atoms with E-state index in [0.29, 0.717) is 16.3 Å². The van der Waals surface area contributed by atoms with E-state index < -0.39 is 5.97 Å². The van der Waals surface area contributed by atoms with Gasteiger partial charge in [0.2, 0.25) is 0 Å². The largest absolute Gasteiger partial charge is 0.476 e. The fraction of sp³-hybridized carbons (Fsp3) is 0. The van der Waals surface area contributed by atoms with Crippen molar-refractivity contribution in [1.82, 2.24) is 10.2 Å². The van der Waals surface area contributed by atoms with Gasteiger partial charge >= 0.3 is 5.97 Å². The molecule has 1 aromatic heterocycles. The van der Waals surface area contributed by atoms with Crippen molar-refractivity contribution < 1.29 is 9.90 Å². The molecule has 0 aliphatic rings. The Labute approximate surface area is 95.8 Å². The van der Waals surface area contributed by atoms with Crippen LogP contribution >= 0.6 is 11.6 Å². The van der Waals surface area contributed by atoms with Crippen molar-refractivity contribution in [3.63, 3.8) is 0 Å². The summed E-state index contributed by atoms with van der Waals surface area (Å²) < 4.78 is 0. The Morgan fingerprint density at radius 2 is 2.00 bits per heavy atom. The van der Waals surface area contributed by atoms with Gasteiger partial charge in [0.1, 0.15) is 5.69 Å². The molecule has 82 valence electrons. The molecule has 0 radical (unpaired) electrons. The standard InChI is InChI=1S/C10H8ClN3O2/c11-6-3-1-5(2-4-6)8-7(12)9(10(15)16)14-13-8/h1-4H,12H2,(H,13,14)(H,15,16). The molecule has 1 heterocycles. The van der Waals surface area contributed by atoms with Crippen LogP contribution in [0.1, 0.15) is 10.5 Å². The zero-order valence-corrected chi connectivity index (χ0v) is 8.82. The molecule has 16 heavy (non-hydrogen) atoms. The number of anilines is 1. The number of nitrogens with zero attached hydrogens (tertiary/aromatic N) is 1. The highest BCUT2D eigenvalue weighted by atomic mass is 35.5. The number of nitrogens with two attached hydrogens (primary N) is 1. The molecule has 0 amide bonds. The number of H-pyrrole nitrogens is 1. The van der Waals surface area contributed by atoms with Crippen molar-refractivity contribution >= 4 is 23.3 Å². The van der Waals surface area contributed by atoms with Crippen molar-refractivity contribution in [3.8, 4) is 11.3 Å². The molecule has 6 heteroatoms. The molecule has 1 aromatic carbocycles. The van der Waals surface area contributed by atoms with E-state index in [1.54, 1.807) is 24.3 Å². The van der Waals surface area contributed by atoms with Gasteiger partial charge in [-0.15, -0.1) is 0 Å². The predicted octanol–water partition coefficient (Wildman–Crippen LogP) is 2.01. The molecule has 0 bridgehead atoms. The Kier molecular flexibility index (Phi) is 2.54. The average Bonchev–Trinajstić information content (AvgIpc) is 2.61. The number of hydrogen-bond acceptors (Lipinski definition) is 3. The maximum Gasteiger partial charge on any atom is 0.356 e. The van der Waals surface area contributed by atoms with Crippen LogP contribution in [-0.4, -0.2) is 21.3 Å². The average molecular weight is 238 g/mol. The quantitative estimate of drug-likeness (QED) is 0.745. The number of nitrogen functional groups attached to an aromatic ring is 1. The normalized spacial score (nSPS) is 10.3. The third-order valence-corrected chi connectivity index (χ3v) is 2.39. The Bertz CT molecular complexity index is 533. The predicted molar refractivity (Wildman–Crippen MR) is 60.4 cm³/mol. The van der Waals surface area contributed by atoms with Crippen LogP contribution < -0.4 is 5.73 Å². The van der Waals surface area contributed by atoms with E-state index in [4.69, 9.17) is 22.4 Å². The summed E-state index contributed by atoms with van der Waals surface area (Å²) in [4.78, 5) is 10.7. The smallest absolute Gasteiger partial charge is 0.356 e. The van der Waals surface area contributed by atoms with Gasteiger partial charge in [0.25, 0.3) is 0 Å². The van der Waals surface area contributed by atoms with Crippen LogP contribution in [0.15, 0.2) is 24.3 Å². The maximum absolute atomic E-state index is 10.7. The maximum atomic E-state index is 10.7. The van der Waals surface area contributed by atoms with Gasteiger partial charge in [0.05, 0.1) is 5.69 Å². The summed E-state index contributed by atoms with van der Waals surface area (Å²) in [5.41, 5.74) is 6.81. The third-order valence-electron chi connectivity index (χ3n) is 2.14. The minimum atomic E-state index is -1.13. The summed E-state index contributed by atoms with van der Waals surface area (Å²) in [5, 5.41) is 15.6. The number of carbonyl (C=O) groups is 1. The zero-order valence-electron chi connectivity index (χ0n) is 8.07. The Hall–Kier alpha value is -2.01. The van der Waals surface area contributed by atoms with E-state index in [1.165, 1.54) is 0 Å². The number of carboxylic acid groups (broad SMARTS) is 1. The number of aromatic carboxylic acids is 1. The number of aromatic nitrogens is 2. The highest BCUT2D eigenvalue weighted by molar-refractivity contribution is 6.30. The highest BCUT2D eigenvalue weighted by Crippen LogP contribution is 2.26. The number of aromatic amines is 1. The lowest BCUT2D eigenvalue weighted by Crippen LogP contribution is -2.01. The molecule has 0 saturated carbocycles. The minimum absolute atomic E-state index is 0.107. The van der Waals surface area contributed by atoms with Gasteiger partial charge in [-0.25, -0.2) is 4.79 Å². The van der Waals surface area contributed by atoms with Crippen molar-refractivity contribution in [2.24, 2.45) is 0 Å². The molecular formula is C10H8ClN3O2. The summed E-state index contributed by atoms with van der Waals surface area (Å²) >= 11 is 5.74. The number of halogens is 1. The molecule has 0 saturated heterocycles. The molecule has 0 aliphatic carbocycles. The number of benzene rings is 1. The minimum Gasteiger partial charge on any atom is -0.476 e. The number of nitrogens with one attached hydrogen (secondary N) is 1.